The van der Waals surface area contributed by atoms with Crippen LogP contribution in [0.15, 0.2) is 33.7 Å². The van der Waals surface area contributed by atoms with E-state index in [2.05, 4.69) is 48.5 Å². The minimum Gasteiger partial charge on any atom is -0.376 e. The number of hydrogen-bond acceptors (Lipinski definition) is 4. The van der Waals surface area contributed by atoms with Crippen LogP contribution in [-0.4, -0.2) is 51.9 Å². The molecule has 1 unspecified atom stereocenters. The number of nitrogens with zero attached hydrogens (tertiary/aromatic N) is 5. The highest BCUT2D eigenvalue weighted by Crippen LogP contribution is 2.17. The Morgan fingerprint density at radius 2 is 2.22 bits per heavy atom. The van der Waals surface area contributed by atoms with E-state index in [1.165, 1.54) is 5.56 Å². The molecule has 27 heavy (non-hydrogen) atoms. The molecule has 0 amide bonds. The van der Waals surface area contributed by atoms with Gasteiger partial charge in [-0.05, 0) is 31.4 Å². The van der Waals surface area contributed by atoms with Crippen LogP contribution in [0.4, 0.5) is 0 Å². The van der Waals surface area contributed by atoms with E-state index in [0.717, 1.165) is 54.6 Å². The monoisotopic (exact) mass is 434 g/mol. The third-order valence-electron chi connectivity index (χ3n) is 4.79. The number of halogens is 1. The molecule has 2 aromatic rings. The average molecular weight is 435 g/mol. The fraction of sp³-hybridized carbons (Fsp3) is 0.526. The Labute approximate surface area is 169 Å². The van der Waals surface area contributed by atoms with E-state index in [9.17, 15) is 0 Å². The lowest BCUT2D eigenvalue weighted by molar-refractivity contribution is 0.113. The number of benzene rings is 1. The van der Waals surface area contributed by atoms with Crippen molar-refractivity contribution in [2.75, 3.05) is 20.2 Å². The number of nitrogens with one attached hydrogen (secondary N) is 1. The molecule has 8 heteroatoms. The molecular weight excluding hydrogens is 408 g/mol. The Bertz CT molecular complexity index is 784. The number of aromatic nitrogens is 3. The number of aryl methyl sites for hydroxylation is 1. The van der Waals surface area contributed by atoms with Gasteiger partial charge in [-0.25, -0.2) is 4.99 Å². The van der Waals surface area contributed by atoms with Crippen LogP contribution in [0.25, 0.3) is 0 Å². The molecule has 0 spiro atoms. The van der Waals surface area contributed by atoms with Gasteiger partial charge in [-0.3, -0.25) is 0 Å². The third kappa shape index (κ3) is 5.29. The van der Waals surface area contributed by atoms with Crippen LogP contribution in [0, 0.1) is 6.92 Å². The minimum absolute atomic E-state index is 0.254. The maximum absolute atomic E-state index is 5.74. The summed E-state index contributed by atoms with van der Waals surface area (Å²) < 4.78 is 8.80. The quantitative estimate of drug-likeness (QED) is 0.558. The zero-order chi connectivity index (χ0) is 19.2. The zero-order valence-corrected chi connectivity index (χ0v) is 17.7. The van der Waals surface area contributed by atoms with E-state index in [0.29, 0.717) is 6.54 Å². The van der Waals surface area contributed by atoms with E-state index in [4.69, 9.17) is 9.73 Å². The number of guanidine groups is 1. The van der Waals surface area contributed by atoms with Crippen LogP contribution in [0.5, 0.6) is 0 Å². The van der Waals surface area contributed by atoms with Crippen LogP contribution >= 0.6 is 15.9 Å². The van der Waals surface area contributed by atoms with E-state index < -0.39 is 0 Å². The van der Waals surface area contributed by atoms with Crippen LogP contribution in [-0.2, 0) is 24.9 Å². The third-order valence-corrected chi connectivity index (χ3v) is 5.57. The molecule has 1 saturated heterocycles. The van der Waals surface area contributed by atoms with Gasteiger partial charge in [0, 0.05) is 38.3 Å². The molecule has 0 saturated carbocycles. The van der Waals surface area contributed by atoms with E-state index in [-0.39, 0.29) is 6.10 Å². The second kappa shape index (κ2) is 9.32. The molecule has 1 N–H and O–H groups in total. The number of aliphatic imine (C=N–C) groups is 1. The van der Waals surface area contributed by atoms with Gasteiger partial charge in [0.15, 0.2) is 11.8 Å². The van der Waals surface area contributed by atoms with Crippen molar-refractivity contribution in [3.8, 4) is 0 Å². The SMILES string of the molecule is Cc1nnc(CN=C(NCC2CCCO2)N(C)Cc2ccccc2Br)n1C. The Morgan fingerprint density at radius 1 is 1.41 bits per heavy atom. The topological polar surface area (TPSA) is 67.6 Å². The van der Waals surface area contributed by atoms with Crippen molar-refractivity contribution in [1.82, 2.24) is 25.0 Å². The lowest BCUT2D eigenvalue weighted by atomic mass is 10.2. The van der Waals surface area contributed by atoms with Crippen molar-refractivity contribution >= 4 is 21.9 Å². The molecule has 1 atom stereocenters. The maximum atomic E-state index is 5.74. The van der Waals surface area contributed by atoms with Crippen molar-refractivity contribution in [1.29, 1.82) is 0 Å². The highest BCUT2D eigenvalue weighted by atomic mass is 79.9. The first kappa shape index (κ1) is 19.8. The summed E-state index contributed by atoms with van der Waals surface area (Å²) in [5, 5.41) is 11.8. The molecule has 1 aromatic carbocycles. The molecule has 1 aromatic heterocycles. The van der Waals surface area contributed by atoms with Crippen molar-refractivity contribution in [3.05, 3.63) is 46.0 Å². The van der Waals surface area contributed by atoms with E-state index in [1.54, 1.807) is 0 Å². The summed E-state index contributed by atoms with van der Waals surface area (Å²) in [5.41, 5.74) is 1.21. The molecule has 0 bridgehead atoms. The Morgan fingerprint density at radius 3 is 2.89 bits per heavy atom. The van der Waals surface area contributed by atoms with Gasteiger partial charge < -0.3 is 19.5 Å². The average Bonchev–Trinajstić information content (AvgIpc) is 3.28. The molecule has 3 rings (SSSR count). The predicted octanol–water partition coefficient (Wildman–Crippen LogP) is 2.64. The Kier molecular flexibility index (Phi) is 6.84. The number of ether oxygens (including phenoxy) is 1. The molecule has 1 aliphatic heterocycles. The molecule has 146 valence electrons. The van der Waals surface area contributed by atoms with Gasteiger partial charge in [0.25, 0.3) is 0 Å². The maximum Gasteiger partial charge on any atom is 0.194 e. The van der Waals surface area contributed by atoms with Crippen molar-refractivity contribution < 1.29 is 4.74 Å². The smallest absolute Gasteiger partial charge is 0.194 e. The van der Waals surface area contributed by atoms with Gasteiger partial charge in [-0.1, -0.05) is 34.1 Å². The first-order valence-corrected chi connectivity index (χ1v) is 10.0. The standard InChI is InChI=1S/C19H27BrN6O/c1-14-23-24-18(26(14)3)12-22-19(21-11-16-8-6-10-27-16)25(2)13-15-7-4-5-9-17(15)20/h4-5,7,9,16H,6,8,10-13H2,1-3H3,(H,21,22). The summed E-state index contributed by atoms with van der Waals surface area (Å²) in [6.07, 6.45) is 2.48. The molecule has 0 aliphatic carbocycles. The summed E-state index contributed by atoms with van der Waals surface area (Å²) in [6, 6.07) is 8.24. The molecular formula is C19H27BrN6O. The second-order valence-corrected chi connectivity index (χ2v) is 7.68. The molecule has 1 aliphatic rings. The predicted molar refractivity (Wildman–Crippen MR) is 109 cm³/mol. The van der Waals surface area contributed by atoms with Crippen molar-refractivity contribution in [2.24, 2.45) is 12.0 Å². The van der Waals surface area contributed by atoms with E-state index >= 15 is 0 Å². The Balaban J connectivity index is 1.72. The summed E-state index contributed by atoms with van der Waals surface area (Å²) in [6.45, 7) is 4.78. The van der Waals surface area contributed by atoms with Gasteiger partial charge in [0.1, 0.15) is 12.4 Å². The Hall–Kier alpha value is -1.93. The highest BCUT2D eigenvalue weighted by Gasteiger charge is 2.17. The minimum atomic E-state index is 0.254. The van der Waals surface area contributed by atoms with Crippen molar-refractivity contribution in [3.63, 3.8) is 0 Å². The molecule has 1 fully saturated rings. The summed E-state index contributed by atoms with van der Waals surface area (Å²) in [7, 11) is 4.01. The van der Waals surface area contributed by atoms with Gasteiger partial charge in [-0.2, -0.15) is 0 Å². The largest absolute Gasteiger partial charge is 0.376 e. The fourth-order valence-electron chi connectivity index (χ4n) is 3.01. The fourth-order valence-corrected chi connectivity index (χ4v) is 3.42. The molecule has 7 nitrogen and oxygen atoms in total. The van der Waals surface area contributed by atoms with E-state index in [1.807, 2.05) is 37.7 Å². The summed E-state index contributed by atoms with van der Waals surface area (Å²) in [4.78, 5) is 6.92. The van der Waals surface area contributed by atoms with Gasteiger partial charge >= 0.3 is 0 Å². The number of hydrogen-bond donors (Lipinski definition) is 1. The van der Waals surface area contributed by atoms with Gasteiger partial charge in [0.05, 0.1) is 6.10 Å². The summed E-state index contributed by atoms with van der Waals surface area (Å²) >= 11 is 3.63. The number of rotatable bonds is 6. The first-order chi connectivity index (χ1) is 13.0. The van der Waals surface area contributed by atoms with Gasteiger partial charge in [0.2, 0.25) is 0 Å². The molecule has 2 heterocycles. The lowest BCUT2D eigenvalue weighted by Gasteiger charge is -2.24. The van der Waals surface area contributed by atoms with Gasteiger partial charge in [-0.15, -0.1) is 10.2 Å². The first-order valence-electron chi connectivity index (χ1n) is 9.24. The van der Waals surface area contributed by atoms with Crippen LogP contribution in [0.2, 0.25) is 0 Å². The lowest BCUT2D eigenvalue weighted by Crippen LogP contribution is -2.42. The van der Waals surface area contributed by atoms with Crippen molar-refractivity contribution in [2.45, 2.75) is 39.0 Å². The highest BCUT2D eigenvalue weighted by molar-refractivity contribution is 9.10. The zero-order valence-electron chi connectivity index (χ0n) is 16.2. The van der Waals surface area contributed by atoms with Crippen LogP contribution in [0.3, 0.4) is 0 Å². The van der Waals surface area contributed by atoms with Crippen LogP contribution in [0.1, 0.15) is 30.1 Å². The second-order valence-electron chi connectivity index (χ2n) is 6.83. The summed E-state index contributed by atoms with van der Waals surface area (Å²) in [5.74, 6) is 2.57. The normalized spacial score (nSPS) is 17.3. The van der Waals surface area contributed by atoms with Crippen LogP contribution < -0.4 is 5.32 Å². The molecule has 0 radical (unpaired) electrons.